The van der Waals surface area contributed by atoms with E-state index in [1.54, 1.807) is 0 Å². The van der Waals surface area contributed by atoms with Crippen molar-refractivity contribution in [2.75, 3.05) is 6.54 Å². The molecule has 0 fully saturated rings. The van der Waals surface area contributed by atoms with Crippen LogP contribution in [-0.2, 0) is 4.79 Å². The predicted octanol–water partition coefficient (Wildman–Crippen LogP) is 2.01. The molecule has 3 N–H and O–H groups in total. The number of ether oxygens (including phenoxy) is 1. The van der Waals surface area contributed by atoms with Crippen molar-refractivity contribution >= 4 is 18.3 Å². The topological polar surface area (TPSA) is 64.3 Å². The first-order chi connectivity index (χ1) is 8.90. The molecule has 0 radical (unpaired) electrons. The van der Waals surface area contributed by atoms with Crippen LogP contribution in [0.2, 0.25) is 0 Å². The summed E-state index contributed by atoms with van der Waals surface area (Å²) >= 11 is 0. The van der Waals surface area contributed by atoms with Crippen molar-refractivity contribution in [2.45, 2.75) is 32.4 Å². The first-order valence-corrected chi connectivity index (χ1v) is 6.05. The van der Waals surface area contributed by atoms with Crippen LogP contribution >= 0.6 is 12.4 Å². The van der Waals surface area contributed by atoms with Gasteiger partial charge in [-0.2, -0.15) is 0 Å². The lowest BCUT2D eigenvalue weighted by atomic mass is 10.2. The van der Waals surface area contributed by atoms with E-state index in [9.17, 15) is 13.6 Å². The molecule has 7 heteroatoms. The van der Waals surface area contributed by atoms with Crippen molar-refractivity contribution in [3.8, 4) is 5.75 Å². The summed E-state index contributed by atoms with van der Waals surface area (Å²) in [6.07, 6.45) is -0.137. The Labute approximate surface area is 123 Å². The zero-order valence-electron chi connectivity index (χ0n) is 11.4. The van der Waals surface area contributed by atoms with E-state index in [1.807, 2.05) is 6.92 Å². The molecule has 0 saturated carbocycles. The fraction of sp³-hybridized carbons (Fsp3) is 0.462. The Hall–Kier alpha value is -1.40. The Balaban J connectivity index is 0.00000361. The Bertz CT molecular complexity index is 444. The lowest BCUT2D eigenvalue weighted by Crippen LogP contribution is -2.38. The predicted molar refractivity (Wildman–Crippen MR) is 75.0 cm³/mol. The van der Waals surface area contributed by atoms with Gasteiger partial charge in [-0.25, -0.2) is 8.78 Å². The second kappa shape index (κ2) is 8.71. The van der Waals surface area contributed by atoms with Gasteiger partial charge in [0.2, 0.25) is 0 Å². The number of rotatable bonds is 6. The van der Waals surface area contributed by atoms with Crippen molar-refractivity contribution in [3.63, 3.8) is 0 Å². The number of nitrogens with one attached hydrogen (secondary N) is 1. The summed E-state index contributed by atoms with van der Waals surface area (Å²) in [6, 6.07) is 3.12. The maximum Gasteiger partial charge on any atom is 0.260 e. The highest BCUT2D eigenvalue weighted by Gasteiger charge is 2.15. The Morgan fingerprint density at radius 3 is 2.55 bits per heavy atom. The van der Waals surface area contributed by atoms with Gasteiger partial charge in [-0.1, -0.05) is 0 Å². The van der Waals surface area contributed by atoms with Gasteiger partial charge in [-0.3, -0.25) is 4.79 Å². The molecule has 0 heterocycles. The maximum atomic E-state index is 13.0. The molecule has 1 aromatic rings. The molecule has 114 valence electrons. The van der Waals surface area contributed by atoms with Gasteiger partial charge in [0.1, 0.15) is 5.75 Å². The molecule has 0 saturated heterocycles. The van der Waals surface area contributed by atoms with Crippen LogP contribution in [0.3, 0.4) is 0 Å². The number of hydrogen-bond acceptors (Lipinski definition) is 3. The number of carbonyl (C=O) groups is 1. The lowest BCUT2D eigenvalue weighted by molar-refractivity contribution is -0.127. The Morgan fingerprint density at radius 2 is 2.00 bits per heavy atom. The van der Waals surface area contributed by atoms with Gasteiger partial charge >= 0.3 is 0 Å². The van der Waals surface area contributed by atoms with Crippen LogP contribution < -0.4 is 15.8 Å². The quantitative estimate of drug-likeness (QED) is 0.845. The minimum atomic E-state index is -1.01. The average molecular weight is 309 g/mol. The van der Waals surface area contributed by atoms with E-state index in [0.29, 0.717) is 13.0 Å². The van der Waals surface area contributed by atoms with E-state index in [0.717, 1.165) is 12.1 Å². The molecule has 1 aromatic carbocycles. The number of carbonyl (C=O) groups excluding carboxylic acids is 1. The van der Waals surface area contributed by atoms with Crippen LogP contribution in [0.25, 0.3) is 0 Å². The van der Waals surface area contributed by atoms with E-state index >= 15 is 0 Å². The molecule has 0 bridgehead atoms. The highest BCUT2D eigenvalue weighted by atomic mass is 35.5. The highest BCUT2D eigenvalue weighted by Crippen LogP contribution is 2.16. The third kappa shape index (κ3) is 6.16. The van der Waals surface area contributed by atoms with Gasteiger partial charge in [0.15, 0.2) is 17.7 Å². The van der Waals surface area contributed by atoms with Crippen molar-refractivity contribution in [1.29, 1.82) is 0 Å². The minimum Gasteiger partial charge on any atom is -0.481 e. The van der Waals surface area contributed by atoms with Gasteiger partial charge in [-0.15, -0.1) is 12.4 Å². The van der Waals surface area contributed by atoms with Crippen molar-refractivity contribution in [3.05, 3.63) is 29.8 Å². The number of amides is 1. The molecule has 1 rings (SSSR count). The number of nitrogens with two attached hydrogens (primary N) is 1. The van der Waals surface area contributed by atoms with E-state index < -0.39 is 17.7 Å². The van der Waals surface area contributed by atoms with Crippen molar-refractivity contribution < 1.29 is 18.3 Å². The summed E-state index contributed by atoms with van der Waals surface area (Å²) in [5, 5.41) is 2.65. The molecule has 1 amide bonds. The molecule has 20 heavy (non-hydrogen) atoms. The number of benzene rings is 1. The first-order valence-electron chi connectivity index (χ1n) is 6.05. The molecular weight excluding hydrogens is 290 g/mol. The summed E-state index contributed by atoms with van der Waals surface area (Å²) in [7, 11) is 0. The third-order valence-electron chi connectivity index (χ3n) is 2.47. The molecule has 0 spiro atoms. The molecular formula is C13H19ClF2N2O2. The maximum absolute atomic E-state index is 13.0. The van der Waals surface area contributed by atoms with Crippen LogP contribution in [0.5, 0.6) is 5.75 Å². The average Bonchev–Trinajstić information content (AvgIpc) is 2.33. The fourth-order valence-corrected chi connectivity index (χ4v) is 1.37. The molecule has 2 atom stereocenters. The van der Waals surface area contributed by atoms with Gasteiger partial charge in [0, 0.05) is 18.7 Å². The Kier molecular flexibility index (Phi) is 8.10. The van der Waals surface area contributed by atoms with Crippen LogP contribution in [-0.4, -0.2) is 24.6 Å². The molecule has 0 aliphatic carbocycles. The SMILES string of the molecule is CC(N)CCNC(=O)C(C)Oc1ccc(F)c(F)c1.Cl. The van der Waals surface area contributed by atoms with E-state index in [4.69, 9.17) is 10.5 Å². The fourth-order valence-electron chi connectivity index (χ4n) is 1.37. The summed E-state index contributed by atoms with van der Waals surface area (Å²) in [6.45, 7) is 3.82. The van der Waals surface area contributed by atoms with Crippen molar-refractivity contribution in [1.82, 2.24) is 5.32 Å². The standard InChI is InChI=1S/C13H18F2N2O2.ClH/c1-8(16)5-6-17-13(18)9(2)19-10-3-4-11(14)12(15)7-10;/h3-4,7-9H,5-6,16H2,1-2H3,(H,17,18);1H. The van der Waals surface area contributed by atoms with E-state index in [1.165, 1.54) is 13.0 Å². The second-order valence-electron chi connectivity index (χ2n) is 4.39. The third-order valence-corrected chi connectivity index (χ3v) is 2.47. The molecule has 0 aliphatic rings. The highest BCUT2D eigenvalue weighted by molar-refractivity contribution is 5.85. The van der Waals surface area contributed by atoms with Gasteiger partial charge in [0.25, 0.3) is 5.91 Å². The van der Waals surface area contributed by atoms with Crippen molar-refractivity contribution in [2.24, 2.45) is 5.73 Å². The first kappa shape index (κ1) is 18.6. The molecule has 2 unspecified atom stereocenters. The summed E-state index contributed by atoms with van der Waals surface area (Å²) < 4.78 is 30.9. The number of halogens is 3. The summed E-state index contributed by atoms with van der Waals surface area (Å²) in [5.41, 5.74) is 5.55. The van der Waals surface area contributed by atoms with E-state index in [-0.39, 0.29) is 30.1 Å². The number of hydrogen-bond donors (Lipinski definition) is 2. The smallest absolute Gasteiger partial charge is 0.260 e. The van der Waals surface area contributed by atoms with Crippen LogP contribution in [0.15, 0.2) is 18.2 Å². The van der Waals surface area contributed by atoms with Gasteiger partial charge in [0.05, 0.1) is 0 Å². The van der Waals surface area contributed by atoms with Crippen LogP contribution in [0.4, 0.5) is 8.78 Å². The summed E-state index contributed by atoms with van der Waals surface area (Å²) in [4.78, 5) is 11.6. The van der Waals surface area contributed by atoms with E-state index in [2.05, 4.69) is 5.32 Å². The molecule has 0 aliphatic heterocycles. The Morgan fingerprint density at radius 1 is 1.35 bits per heavy atom. The van der Waals surface area contributed by atoms with Gasteiger partial charge in [-0.05, 0) is 32.4 Å². The lowest BCUT2D eigenvalue weighted by Gasteiger charge is -2.15. The summed E-state index contributed by atoms with van der Waals surface area (Å²) in [5.74, 6) is -2.19. The molecule has 0 aromatic heterocycles. The monoisotopic (exact) mass is 308 g/mol. The largest absolute Gasteiger partial charge is 0.481 e. The normalized spacial score (nSPS) is 13.1. The zero-order valence-corrected chi connectivity index (χ0v) is 12.2. The second-order valence-corrected chi connectivity index (χ2v) is 4.39. The minimum absolute atomic E-state index is 0. The van der Waals surface area contributed by atoms with Crippen LogP contribution in [0, 0.1) is 11.6 Å². The van der Waals surface area contributed by atoms with Crippen LogP contribution in [0.1, 0.15) is 20.3 Å². The molecule has 4 nitrogen and oxygen atoms in total. The zero-order chi connectivity index (χ0) is 14.4. The van der Waals surface area contributed by atoms with Gasteiger partial charge < -0.3 is 15.8 Å².